The molecular formula is C16H20N4O2. The molecule has 1 aromatic heterocycles. The monoisotopic (exact) mass is 300 g/mol. The molecule has 0 atom stereocenters. The third-order valence-corrected chi connectivity index (χ3v) is 4.26. The Morgan fingerprint density at radius 2 is 1.95 bits per heavy atom. The van der Waals surface area contributed by atoms with Gasteiger partial charge in [0.25, 0.3) is 5.91 Å². The van der Waals surface area contributed by atoms with Gasteiger partial charge in [-0.05, 0) is 55.9 Å². The average Bonchev–Trinajstić information content (AvgIpc) is 3.10. The zero-order chi connectivity index (χ0) is 15.4. The molecule has 0 saturated heterocycles. The van der Waals surface area contributed by atoms with Crippen LogP contribution >= 0.6 is 0 Å². The molecule has 0 aliphatic heterocycles. The molecule has 6 heteroatoms. The molecule has 1 heterocycles. The summed E-state index contributed by atoms with van der Waals surface area (Å²) in [7, 11) is 0. The molecule has 2 aromatic rings. The summed E-state index contributed by atoms with van der Waals surface area (Å²) >= 11 is 0. The van der Waals surface area contributed by atoms with Crippen LogP contribution in [0.2, 0.25) is 0 Å². The van der Waals surface area contributed by atoms with E-state index in [2.05, 4.69) is 15.6 Å². The summed E-state index contributed by atoms with van der Waals surface area (Å²) < 4.78 is 1.65. The third kappa shape index (κ3) is 3.33. The number of rotatable bonds is 4. The van der Waals surface area contributed by atoms with Crippen molar-refractivity contribution in [2.45, 2.75) is 31.7 Å². The number of aliphatic hydroxyl groups is 1. The van der Waals surface area contributed by atoms with Crippen LogP contribution in [-0.4, -0.2) is 38.7 Å². The number of amides is 1. The standard InChI is InChI=1S/C16H20N4O2/c21-11-12-1-5-14(6-2-12)18-16(22)13-3-7-15(8-4-13)20-10-9-17-19-20/h3-4,7-10,12,14,21H,1-2,5-6,11H2,(H,18,22). The second-order valence-corrected chi connectivity index (χ2v) is 5.77. The predicted octanol–water partition coefficient (Wildman–Crippen LogP) is 1.55. The smallest absolute Gasteiger partial charge is 0.251 e. The molecule has 1 aliphatic rings. The van der Waals surface area contributed by atoms with E-state index >= 15 is 0 Å². The molecule has 1 aromatic carbocycles. The minimum Gasteiger partial charge on any atom is -0.396 e. The third-order valence-electron chi connectivity index (χ3n) is 4.26. The van der Waals surface area contributed by atoms with Gasteiger partial charge in [-0.25, -0.2) is 4.68 Å². The molecule has 1 saturated carbocycles. The van der Waals surface area contributed by atoms with Gasteiger partial charge >= 0.3 is 0 Å². The highest BCUT2D eigenvalue weighted by Gasteiger charge is 2.22. The Balaban J connectivity index is 1.58. The maximum absolute atomic E-state index is 12.3. The Morgan fingerprint density at radius 1 is 1.23 bits per heavy atom. The van der Waals surface area contributed by atoms with Gasteiger partial charge in [0.15, 0.2) is 0 Å². The number of benzene rings is 1. The largest absolute Gasteiger partial charge is 0.396 e. The van der Waals surface area contributed by atoms with E-state index in [1.165, 1.54) is 0 Å². The van der Waals surface area contributed by atoms with E-state index in [1.807, 2.05) is 12.1 Å². The second-order valence-electron chi connectivity index (χ2n) is 5.77. The lowest BCUT2D eigenvalue weighted by Crippen LogP contribution is -2.38. The van der Waals surface area contributed by atoms with E-state index in [1.54, 1.807) is 29.2 Å². The number of nitrogens with zero attached hydrogens (tertiary/aromatic N) is 3. The summed E-state index contributed by atoms with van der Waals surface area (Å²) in [6.07, 6.45) is 7.21. The van der Waals surface area contributed by atoms with E-state index < -0.39 is 0 Å². The molecule has 1 aliphatic carbocycles. The number of hydrogen-bond donors (Lipinski definition) is 2. The topological polar surface area (TPSA) is 80.0 Å². The highest BCUT2D eigenvalue weighted by molar-refractivity contribution is 5.94. The number of aromatic nitrogens is 3. The van der Waals surface area contributed by atoms with Crippen molar-refractivity contribution in [3.63, 3.8) is 0 Å². The van der Waals surface area contributed by atoms with Gasteiger partial charge in [0.2, 0.25) is 0 Å². The number of carbonyl (C=O) groups excluding carboxylic acids is 1. The van der Waals surface area contributed by atoms with E-state index in [9.17, 15) is 4.79 Å². The van der Waals surface area contributed by atoms with Gasteiger partial charge in [-0.3, -0.25) is 4.79 Å². The zero-order valence-electron chi connectivity index (χ0n) is 12.4. The van der Waals surface area contributed by atoms with Gasteiger partial charge in [-0.15, -0.1) is 5.10 Å². The fourth-order valence-corrected chi connectivity index (χ4v) is 2.87. The van der Waals surface area contributed by atoms with Crippen molar-refractivity contribution >= 4 is 5.91 Å². The van der Waals surface area contributed by atoms with Crippen LogP contribution in [0.15, 0.2) is 36.7 Å². The van der Waals surface area contributed by atoms with Gasteiger partial charge in [-0.1, -0.05) is 5.21 Å². The molecule has 0 radical (unpaired) electrons. The fraction of sp³-hybridized carbons (Fsp3) is 0.438. The van der Waals surface area contributed by atoms with E-state index in [0.29, 0.717) is 11.5 Å². The highest BCUT2D eigenvalue weighted by Crippen LogP contribution is 2.24. The molecule has 0 spiro atoms. The van der Waals surface area contributed by atoms with Gasteiger partial charge in [-0.2, -0.15) is 0 Å². The SMILES string of the molecule is O=C(NC1CCC(CO)CC1)c1ccc(-n2ccnn2)cc1. The minimum atomic E-state index is -0.0439. The molecule has 0 unspecified atom stereocenters. The van der Waals surface area contributed by atoms with Crippen molar-refractivity contribution in [1.82, 2.24) is 20.3 Å². The van der Waals surface area contributed by atoms with Gasteiger partial charge in [0.1, 0.15) is 0 Å². The maximum atomic E-state index is 12.3. The van der Waals surface area contributed by atoms with Crippen molar-refractivity contribution in [1.29, 1.82) is 0 Å². The van der Waals surface area contributed by atoms with Crippen LogP contribution in [0.5, 0.6) is 0 Å². The average molecular weight is 300 g/mol. The Labute approximate surface area is 129 Å². The lowest BCUT2D eigenvalue weighted by atomic mass is 9.86. The van der Waals surface area contributed by atoms with Crippen molar-refractivity contribution in [2.24, 2.45) is 5.92 Å². The summed E-state index contributed by atoms with van der Waals surface area (Å²) in [4.78, 5) is 12.3. The molecule has 1 fully saturated rings. The van der Waals surface area contributed by atoms with Crippen LogP contribution in [0.1, 0.15) is 36.0 Å². The van der Waals surface area contributed by atoms with Crippen molar-refractivity contribution in [3.05, 3.63) is 42.2 Å². The number of aliphatic hydroxyl groups excluding tert-OH is 1. The molecule has 22 heavy (non-hydrogen) atoms. The zero-order valence-corrected chi connectivity index (χ0v) is 12.4. The van der Waals surface area contributed by atoms with Crippen LogP contribution in [-0.2, 0) is 0 Å². The first-order valence-corrected chi connectivity index (χ1v) is 7.64. The highest BCUT2D eigenvalue weighted by atomic mass is 16.3. The number of carbonyl (C=O) groups is 1. The predicted molar refractivity (Wildman–Crippen MR) is 81.7 cm³/mol. The summed E-state index contributed by atoms with van der Waals surface area (Å²) in [5.41, 5.74) is 1.52. The van der Waals surface area contributed by atoms with Gasteiger partial charge in [0.05, 0.1) is 18.1 Å². The van der Waals surface area contributed by atoms with Gasteiger partial charge < -0.3 is 10.4 Å². The number of hydrogen-bond acceptors (Lipinski definition) is 4. The Bertz CT molecular complexity index is 602. The fourth-order valence-electron chi connectivity index (χ4n) is 2.87. The minimum absolute atomic E-state index is 0.0439. The number of nitrogens with one attached hydrogen (secondary N) is 1. The Morgan fingerprint density at radius 3 is 2.55 bits per heavy atom. The molecule has 0 bridgehead atoms. The summed E-state index contributed by atoms with van der Waals surface area (Å²) in [6.45, 7) is 0.254. The first-order valence-electron chi connectivity index (χ1n) is 7.64. The first-order chi connectivity index (χ1) is 10.8. The van der Waals surface area contributed by atoms with Crippen molar-refractivity contribution < 1.29 is 9.90 Å². The van der Waals surface area contributed by atoms with Gasteiger partial charge in [0, 0.05) is 18.2 Å². The van der Waals surface area contributed by atoms with E-state index in [4.69, 9.17) is 5.11 Å². The van der Waals surface area contributed by atoms with E-state index in [0.717, 1.165) is 31.4 Å². The molecule has 1 amide bonds. The summed E-state index contributed by atoms with van der Waals surface area (Å²) in [5.74, 6) is 0.354. The second kappa shape index (κ2) is 6.70. The van der Waals surface area contributed by atoms with Crippen molar-refractivity contribution in [2.75, 3.05) is 6.61 Å². The van der Waals surface area contributed by atoms with Crippen LogP contribution in [0.25, 0.3) is 5.69 Å². The Hall–Kier alpha value is -2.21. The van der Waals surface area contributed by atoms with Crippen LogP contribution < -0.4 is 5.32 Å². The van der Waals surface area contributed by atoms with Crippen molar-refractivity contribution in [3.8, 4) is 5.69 Å². The quantitative estimate of drug-likeness (QED) is 0.898. The molecule has 2 N–H and O–H groups in total. The van der Waals surface area contributed by atoms with Crippen LogP contribution in [0.4, 0.5) is 0 Å². The maximum Gasteiger partial charge on any atom is 0.251 e. The summed E-state index contributed by atoms with van der Waals surface area (Å²) in [5, 5.41) is 19.9. The Kier molecular flexibility index (Phi) is 4.48. The van der Waals surface area contributed by atoms with E-state index in [-0.39, 0.29) is 18.6 Å². The molecule has 3 rings (SSSR count). The van der Waals surface area contributed by atoms with Crippen LogP contribution in [0.3, 0.4) is 0 Å². The summed E-state index contributed by atoms with van der Waals surface area (Å²) in [6, 6.07) is 7.51. The first kappa shape index (κ1) is 14.7. The van der Waals surface area contributed by atoms with Crippen LogP contribution in [0, 0.1) is 5.92 Å². The lowest BCUT2D eigenvalue weighted by molar-refractivity contribution is 0.0914. The molecule has 6 nitrogen and oxygen atoms in total. The molecule has 116 valence electrons. The lowest BCUT2D eigenvalue weighted by Gasteiger charge is -2.27. The normalized spacial score (nSPS) is 21.5. The molecular weight excluding hydrogens is 280 g/mol.